The molecule has 43 heavy (non-hydrogen) atoms. The number of anilines is 1. The van der Waals surface area contributed by atoms with Crippen LogP contribution in [0.25, 0.3) is 21.8 Å². The van der Waals surface area contributed by atoms with E-state index in [0.29, 0.717) is 22.3 Å². The highest BCUT2D eigenvalue weighted by atomic mass is 19.1. The SMILES string of the molecule is COc1cc2c(cc1OC)CN(CCc1ccc(NC(=O)c3cc(F)cc4c(=O)c5cccc(OC)c5[nH]c34)cc1)CC2. The maximum absolute atomic E-state index is 14.6. The fourth-order valence-corrected chi connectivity index (χ4v) is 5.76. The van der Waals surface area contributed by atoms with Crippen LogP contribution in [0.5, 0.6) is 17.2 Å². The Hall–Kier alpha value is -4.89. The van der Waals surface area contributed by atoms with E-state index in [-0.39, 0.29) is 21.9 Å². The number of carbonyl (C=O) groups is 1. The topological polar surface area (TPSA) is 92.9 Å². The van der Waals surface area contributed by atoms with Crippen LogP contribution < -0.4 is 25.0 Å². The number of H-pyrrole nitrogens is 1. The minimum absolute atomic E-state index is 0.0311. The zero-order valence-corrected chi connectivity index (χ0v) is 24.3. The highest BCUT2D eigenvalue weighted by Gasteiger charge is 2.20. The Bertz CT molecular complexity index is 1900. The monoisotopic (exact) mass is 581 g/mol. The number of ether oxygens (including phenoxy) is 3. The maximum Gasteiger partial charge on any atom is 0.257 e. The van der Waals surface area contributed by atoms with Gasteiger partial charge in [0.1, 0.15) is 11.6 Å². The number of aromatic amines is 1. The van der Waals surface area contributed by atoms with E-state index in [1.807, 2.05) is 24.3 Å². The van der Waals surface area contributed by atoms with Gasteiger partial charge in [-0.1, -0.05) is 18.2 Å². The van der Waals surface area contributed by atoms with E-state index < -0.39 is 11.7 Å². The molecule has 0 unspecified atom stereocenters. The summed E-state index contributed by atoms with van der Waals surface area (Å²) in [5.74, 6) is 0.761. The van der Waals surface area contributed by atoms with Gasteiger partial charge >= 0.3 is 0 Å². The van der Waals surface area contributed by atoms with Crippen molar-refractivity contribution in [2.24, 2.45) is 0 Å². The lowest BCUT2D eigenvalue weighted by Gasteiger charge is -2.29. The molecule has 0 aliphatic carbocycles. The van der Waals surface area contributed by atoms with E-state index in [0.717, 1.165) is 61.7 Å². The van der Waals surface area contributed by atoms with Crippen molar-refractivity contribution >= 4 is 33.4 Å². The second-order valence-corrected chi connectivity index (χ2v) is 10.6. The van der Waals surface area contributed by atoms with Crippen LogP contribution in [0, 0.1) is 5.82 Å². The zero-order chi connectivity index (χ0) is 30.1. The van der Waals surface area contributed by atoms with Gasteiger partial charge in [0.2, 0.25) is 0 Å². The summed E-state index contributed by atoms with van der Waals surface area (Å²) in [6, 6.07) is 19.1. The summed E-state index contributed by atoms with van der Waals surface area (Å²) >= 11 is 0. The number of pyridine rings is 1. The maximum atomic E-state index is 14.6. The average molecular weight is 582 g/mol. The predicted molar refractivity (Wildman–Crippen MR) is 165 cm³/mol. The number of nitrogens with zero attached hydrogens (tertiary/aromatic N) is 1. The second-order valence-electron chi connectivity index (χ2n) is 10.6. The lowest BCUT2D eigenvalue weighted by Crippen LogP contribution is -2.32. The molecule has 0 fully saturated rings. The molecule has 0 radical (unpaired) electrons. The van der Waals surface area contributed by atoms with Crippen LogP contribution >= 0.6 is 0 Å². The van der Waals surface area contributed by atoms with Gasteiger partial charge in [-0.25, -0.2) is 4.39 Å². The molecule has 0 spiro atoms. The molecule has 9 heteroatoms. The first-order valence-electron chi connectivity index (χ1n) is 14.1. The summed E-state index contributed by atoms with van der Waals surface area (Å²) in [5.41, 5.74) is 4.59. The second kappa shape index (κ2) is 11.8. The fourth-order valence-electron chi connectivity index (χ4n) is 5.76. The van der Waals surface area contributed by atoms with E-state index >= 15 is 0 Å². The molecule has 1 aliphatic heterocycles. The van der Waals surface area contributed by atoms with Crippen LogP contribution in [0.1, 0.15) is 27.0 Å². The third kappa shape index (κ3) is 5.51. The van der Waals surface area contributed by atoms with Crippen molar-refractivity contribution < 1.29 is 23.4 Å². The van der Waals surface area contributed by atoms with Crippen molar-refractivity contribution in [1.29, 1.82) is 0 Å². The first-order chi connectivity index (χ1) is 20.9. The summed E-state index contributed by atoms with van der Waals surface area (Å²) in [6.45, 7) is 2.69. The fraction of sp³-hybridized carbons (Fsp3) is 0.235. The van der Waals surface area contributed by atoms with Gasteiger partial charge in [-0.15, -0.1) is 0 Å². The molecular formula is C34H32FN3O5. The molecule has 5 aromatic rings. The number of aromatic nitrogens is 1. The van der Waals surface area contributed by atoms with Crippen LogP contribution in [-0.2, 0) is 19.4 Å². The van der Waals surface area contributed by atoms with Crippen LogP contribution in [0.3, 0.4) is 0 Å². The Morgan fingerprint density at radius 2 is 1.60 bits per heavy atom. The minimum Gasteiger partial charge on any atom is -0.495 e. The molecule has 2 N–H and O–H groups in total. The average Bonchev–Trinajstić information content (AvgIpc) is 3.03. The summed E-state index contributed by atoms with van der Waals surface area (Å²) in [7, 11) is 4.80. The van der Waals surface area contributed by atoms with E-state index in [1.165, 1.54) is 18.2 Å². The van der Waals surface area contributed by atoms with E-state index in [1.54, 1.807) is 32.4 Å². The minimum atomic E-state index is -0.668. The largest absolute Gasteiger partial charge is 0.495 e. The number of fused-ring (bicyclic) bond motifs is 3. The highest BCUT2D eigenvalue weighted by molar-refractivity contribution is 6.13. The molecule has 220 valence electrons. The molecule has 1 aliphatic rings. The number of hydrogen-bond acceptors (Lipinski definition) is 6. The number of halogens is 1. The summed E-state index contributed by atoms with van der Waals surface area (Å²) in [4.78, 5) is 32.1. The molecule has 1 aromatic heterocycles. The Labute approximate surface area is 248 Å². The van der Waals surface area contributed by atoms with Crippen LogP contribution in [0.15, 0.2) is 71.5 Å². The van der Waals surface area contributed by atoms with Crippen molar-refractivity contribution in [3.05, 3.63) is 105 Å². The van der Waals surface area contributed by atoms with Crippen molar-refractivity contribution in [1.82, 2.24) is 9.88 Å². The number of hydrogen-bond donors (Lipinski definition) is 2. The Balaban J connectivity index is 1.16. The van der Waals surface area contributed by atoms with Gasteiger partial charge < -0.3 is 24.5 Å². The summed E-state index contributed by atoms with van der Waals surface area (Å²) < 4.78 is 30.9. The van der Waals surface area contributed by atoms with Gasteiger partial charge in [0.05, 0.1) is 37.9 Å². The standard InChI is InChI=1S/C34H32FN3O5/c1-41-28-6-4-5-25-32(28)37-31-26(33(25)39)17-23(35)18-27(31)34(40)36-24-9-7-20(8-10-24)11-13-38-14-12-21-15-29(42-2)30(43-3)16-22(21)19-38/h4-10,15-18H,11-14,19H2,1-3H3,(H,36,40)(H,37,39). The number of benzene rings is 4. The predicted octanol–water partition coefficient (Wildman–Crippen LogP) is 5.70. The Morgan fingerprint density at radius 1 is 0.884 bits per heavy atom. The van der Waals surface area contributed by atoms with Crippen LogP contribution in [-0.4, -0.2) is 50.2 Å². The molecule has 1 amide bonds. The van der Waals surface area contributed by atoms with Gasteiger partial charge in [-0.2, -0.15) is 0 Å². The van der Waals surface area contributed by atoms with Crippen molar-refractivity contribution in [2.75, 3.05) is 39.7 Å². The number of para-hydroxylation sites is 1. The smallest absolute Gasteiger partial charge is 0.257 e. The van der Waals surface area contributed by atoms with E-state index in [9.17, 15) is 14.0 Å². The molecule has 2 heterocycles. The Morgan fingerprint density at radius 3 is 2.33 bits per heavy atom. The number of rotatable bonds is 8. The highest BCUT2D eigenvalue weighted by Crippen LogP contribution is 2.33. The third-order valence-corrected chi connectivity index (χ3v) is 8.06. The van der Waals surface area contributed by atoms with Gasteiger partial charge in [0.25, 0.3) is 5.91 Å². The molecule has 0 saturated carbocycles. The summed E-state index contributed by atoms with van der Waals surface area (Å²) in [5, 5.41) is 3.30. The normalized spacial score (nSPS) is 13.1. The van der Waals surface area contributed by atoms with Crippen molar-refractivity contribution in [2.45, 2.75) is 19.4 Å². The van der Waals surface area contributed by atoms with Crippen molar-refractivity contribution in [3.63, 3.8) is 0 Å². The van der Waals surface area contributed by atoms with Crippen LogP contribution in [0.4, 0.5) is 10.1 Å². The lowest BCUT2D eigenvalue weighted by atomic mass is 9.98. The first kappa shape index (κ1) is 28.2. The van der Waals surface area contributed by atoms with E-state index in [2.05, 4.69) is 27.3 Å². The molecule has 0 atom stereocenters. The quantitative estimate of drug-likeness (QED) is 0.229. The lowest BCUT2D eigenvalue weighted by molar-refractivity contribution is 0.102. The number of nitrogens with one attached hydrogen (secondary N) is 2. The van der Waals surface area contributed by atoms with Gasteiger partial charge in [-0.05, 0) is 78.1 Å². The van der Waals surface area contributed by atoms with Crippen molar-refractivity contribution in [3.8, 4) is 17.2 Å². The number of amides is 1. The van der Waals surface area contributed by atoms with Crippen LogP contribution in [0.2, 0.25) is 0 Å². The molecule has 0 bridgehead atoms. The van der Waals surface area contributed by atoms with Gasteiger partial charge in [-0.3, -0.25) is 14.5 Å². The third-order valence-electron chi connectivity index (χ3n) is 8.06. The molecular weight excluding hydrogens is 549 g/mol. The van der Waals surface area contributed by atoms with E-state index in [4.69, 9.17) is 14.2 Å². The molecule has 8 nitrogen and oxygen atoms in total. The molecule has 4 aromatic carbocycles. The zero-order valence-electron chi connectivity index (χ0n) is 24.3. The van der Waals surface area contributed by atoms with Gasteiger partial charge in [0.15, 0.2) is 16.9 Å². The van der Waals surface area contributed by atoms with Gasteiger partial charge in [0, 0.05) is 36.1 Å². The summed E-state index contributed by atoms with van der Waals surface area (Å²) in [6.07, 6.45) is 1.80. The molecule has 0 saturated heterocycles. The Kier molecular flexibility index (Phi) is 7.73. The number of methoxy groups -OCH3 is 3. The molecule has 6 rings (SSSR count). The number of carbonyl (C=O) groups excluding carboxylic acids is 1. The first-order valence-corrected chi connectivity index (χ1v) is 14.1.